The second-order valence-electron chi connectivity index (χ2n) is 8.05. The molecule has 0 amide bonds. The normalized spacial score (nSPS) is 28.4. The van der Waals surface area contributed by atoms with Crippen LogP contribution >= 0.6 is 0 Å². The van der Waals surface area contributed by atoms with Gasteiger partial charge in [0.1, 0.15) is 12.1 Å². The minimum absolute atomic E-state index is 0.197. The minimum Gasteiger partial charge on any atom is -0.390 e. The van der Waals surface area contributed by atoms with E-state index in [0.29, 0.717) is 18.7 Å². The number of anilines is 1. The predicted molar refractivity (Wildman–Crippen MR) is 110 cm³/mol. The third kappa shape index (κ3) is 4.79. The van der Waals surface area contributed by atoms with Gasteiger partial charge in [0.05, 0.1) is 24.9 Å². The van der Waals surface area contributed by atoms with E-state index in [0.717, 1.165) is 18.5 Å². The molecule has 1 saturated carbocycles. The van der Waals surface area contributed by atoms with Crippen molar-refractivity contribution in [3.63, 3.8) is 0 Å². The molecule has 4 rings (SSSR count). The Kier molecular flexibility index (Phi) is 6.03. The third-order valence-corrected chi connectivity index (χ3v) is 6.48. The molecule has 5 atom stereocenters. The number of aryl methyl sites for hydroxylation is 1. The molecule has 9 nitrogen and oxygen atoms in total. The summed E-state index contributed by atoms with van der Waals surface area (Å²) in [6.45, 7) is -0.259. The molecular formula is C20H26N4O5S. The van der Waals surface area contributed by atoms with Crippen molar-refractivity contribution < 1.29 is 22.8 Å². The number of benzene rings is 1. The average Bonchev–Trinajstić information content (AvgIpc) is 3.23. The molecule has 5 N–H and O–H groups in total. The Morgan fingerprint density at radius 1 is 1.17 bits per heavy atom. The van der Waals surface area contributed by atoms with Crippen molar-refractivity contribution in [3.8, 4) is 0 Å². The first-order valence-corrected chi connectivity index (χ1v) is 11.5. The minimum atomic E-state index is -4.09. The van der Waals surface area contributed by atoms with Crippen molar-refractivity contribution in [1.82, 2.24) is 9.97 Å². The van der Waals surface area contributed by atoms with Gasteiger partial charge in [0.2, 0.25) is 0 Å². The Morgan fingerprint density at radius 2 is 1.93 bits per heavy atom. The molecule has 2 aliphatic carbocycles. The number of hydrogen-bond acceptors (Lipinski definition) is 8. The summed E-state index contributed by atoms with van der Waals surface area (Å²) < 4.78 is 26.6. The second kappa shape index (κ2) is 8.56. The van der Waals surface area contributed by atoms with Gasteiger partial charge < -0.3 is 15.5 Å². The largest absolute Gasteiger partial charge is 0.390 e. The first-order chi connectivity index (χ1) is 14.3. The van der Waals surface area contributed by atoms with E-state index in [1.807, 2.05) is 18.2 Å². The van der Waals surface area contributed by atoms with Crippen molar-refractivity contribution in [2.45, 2.75) is 43.9 Å². The Morgan fingerprint density at radius 3 is 2.73 bits per heavy atom. The molecule has 2 aromatic rings. The van der Waals surface area contributed by atoms with Crippen molar-refractivity contribution in [3.05, 3.63) is 53.5 Å². The standard InChI is InChI=1S/C20H26N4O5S/c21-30(27,28)29-10-14-7-13(19(25)20(14)26)8-15-9-18(23-11-22-15)24-17-6-5-12-3-1-2-4-16(12)17/h1-4,9,11,13-14,17,19-20,25-26H,5-8,10H2,(H2,21,27,28)(H,22,23,24)/t13-,14+,17-,19-,20+/m0/s1. The number of fused-ring (bicyclic) bond motifs is 1. The maximum atomic E-state index is 11.0. The third-order valence-electron chi connectivity index (χ3n) is 6.02. The lowest BCUT2D eigenvalue weighted by Gasteiger charge is -2.18. The molecule has 1 aromatic carbocycles. The maximum absolute atomic E-state index is 11.0. The summed E-state index contributed by atoms with van der Waals surface area (Å²) in [5, 5.41) is 28.9. The Bertz CT molecular complexity index is 1000. The number of aliphatic hydroxyl groups excluding tert-OH is 2. The first-order valence-electron chi connectivity index (χ1n) is 9.98. The van der Waals surface area contributed by atoms with Gasteiger partial charge in [0, 0.05) is 17.7 Å². The Balaban J connectivity index is 1.40. The number of nitrogens with two attached hydrogens (primary N) is 1. The van der Waals surface area contributed by atoms with Crippen molar-refractivity contribution >= 4 is 16.1 Å². The van der Waals surface area contributed by atoms with Gasteiger partial charge in [-0.15, -0.1) is 0 Å². The van der Waals surface area contributed by atoms with Crippen LogP contribution in [-0.2, 0) is 27.3 Å². The van der Waals surface area contributed by atoms with E-state index in [4.69, 9.17) is 5.14 Å². The summed E-state index contributed by atoms with van der Waals surface area (Å²) in [5.41, 5.74) is 3.37. The fraction of sp³-hybridized carbons (Fsp3) is 0.500. The maximum Gasteiger partial charge on any atom is 0.333 e. The van der Waals surface area contributed by atoms with Crippen LogP contribution in [0.2, 0.25) is 0 Å². The Labute approximate surface area is 175 Å². The molecule has 0 bridgehead atoms. The van der Waals surface area contributed by atoms with Gasteiger partial charge in [-0.2, -0.15) is 8.42 Å². The van der Waals surface area contributed by atoms with Crippen LogP contribution in [0.3, 0.4) is 0 Å². The summed E-state index contributed by atoms with van der Waals surface area (Å²) in [5.74, 6) is -0.0781. The summed E-state index contributed by atoms with van der Waals surface area (Å²) in [6, 6.07) is 10.4. The zero-order valence-corrected chi connectivity index (χ0v) is 17.2. The van der Waals surface area contributed by atoms with Crippen LogP contribution in [0.5, 0.6) is 0 Å². The average molecular weight is 435 g/mol. The molecule has 1 aromatic heterocycles. The topological polar surface area (TPSA) is 148 Å². The highest BCUT2D eigenvalue weighted by Crippen LogP contribution is 2.35. The molecule has 1 fully saturated rings. The lowest BCUT2D eigenvalue weighted by Crippen LogP contribution is -2.31. The van der Waals surface area contributed by atoms with Gasteiger partial charge in [-0.05, 0) is 42.7 Å². The fourth-order valence-corrected chi connectivity index (χ4v) is 4.89. The van der Waals surface area contributed by atoms with Crippen LogP contribution in [0.1, 0.15) is 35.7 Å². The van der Waals surface area contributed by atoms with E-state index in [1.54, 1.807) is 0 Å². The lowest BCUT2D eigenvalue weighted by atomic mass is 9.98. The molecular weight excluding hydrogens is 408 g/mol. The summed E-state index contributed by atoms with van der Waals surface area (Å²) in [6.07, 6.45) is 2.28. The molecule has 2 aliphatic rings. The van der Waals surface area contributed by atoms with Crippen LogP contribution in [-0.4, -0.2) is 47.4 Å². The lowest BCUT2D eigenvalue weighted by molar-refractivity contribution is -0.00332. The molecule has 0 unspecified atom stereocenters. The zero-order chi connectivity index (χ0) is 21.3. The van der Waals surface area contributed by atoms with Gasteiger partial charge in [0.15, 0.2) is 0 Å². The number of aromatic nitrogens is 2. The second-order valence-corrected chi connectivity index (χ2v) is 9.27. The van der Waals surface area contributed by atoms with E-state index < -0.39 is 28.4 Å². The van der Waals surface area contributed by atoms with Crippen LogP contribution in [0.4, 0.5) is 5.82 Å². The molecule has 0 radical (unpaired) electrons. The van der Waals surface area contributed by atoms with Gasteiger partial charge >= 0.3 is 10.3 Å². The zero-order valence-electron chi connectivity index (χ0n) is 16.4. The highest BCUT2D eigenvalue weighted by Gasteiger charge is 2.42. The van der Waals surface area contributed by atoms with Crippen LogP contribution in [0.15, 0.2) is 36.7 Å². The SMILES string of the molecule is NS(=O)(=O)OC[C@H]1C[C@@H](Cc2cc(N[C@H]3CCc4ccccc43)ncn2)[C@H](O)[C@@H]1O. The summed E-state index contributed by atoms with van der Waals surface area (Å²) in [4.78, 5) is 8.62. The first kappa shape index (κ1) is 21.1. The molecule has 0 aliphatic heterocycles. The van der Waals surface area contributed by atoms with Crippen molar-refractivity contribution in [1.29, 1.82) is 0 Å². The molecule has 10 heteroatoms. The number of hydrogen-bond donors (Lipinski definition) is 4. The highest BCUT2D eigenvalue weighted by molar-refractivity contribution is 7.84. The van der Waals surface area contributed by atoms with E-state index >= 15 is 0 Å². The van der Waals surface area contributed by atoms with Crippen LogP contribution < -0.4 is 10.5 Å². The quantitative estimate of drug-likeness (QED) is 0.498. The van der Waals surface area contributed by atoms with Gasteiger partial charge in [-0.1, -0.05) is 24.3 Å². The molecule has 30 heavy (non-hydrogen) atoms. The predicted octanol–water partition coefficient (Wildman–Crippen LogP) is 0.696. The summed E-state index contributed by atoms with van der Waals surface area (Å²) >= 11 is 0. The number of aliphatic hydroxyl groups is 2. The van der Waals surface area contributed by atoms with E-state index in [-0.39, 0.29) is 18.6 Å². The van der Waals surface area contributed by atoms with Crippen LogP contribution in [0, 0.1) is 11.8 Å². The molecule has 162 valence electrons. The van der Waals surface area contributed by atoms with Gasteiger partial charge in [0.25, 0.3) is 0 Å². The van der Waals surface area contributed by atoms with Gasteiger partial charge in [-0.3, -0.25) is 4.18 Å². The molecule has 0 saturated heterocycles. The van der Waals surface area contributed by atoms with Crippen LogP contribution in [0.25, 0.3) is 0 Å². The number of rotatable bonds is 7. The fourth-order valence-electron chi connectivity index (χ4n) is 4.52. The monoisotopic (exact) mass is 434 g/mol. The smallest absolute Gasteiger partial charge is 0.333 e. The molecule has 0 spiro atoms. The van der Waals surface area contributed by atoms with Gasteiger partial charge in [-0.25, -0.2) is 15.1 Å². The number of nitrogens with zero attached hydrogens (tertiary/aromatic N) is 2. The van der Waals surface area contributed by atoms with E-state index in [2.05, 4.69) is 31.6 Å². The number of nitrogens with one attached hydrogen (secondary N) is 1. The molecule has 1 heterocycles. The van der Waals surface area contributed by atoms with E-state index in [1.165, 1.54) is 17.5 Å². The van der Waals surface area contributed by atoms with Crippen molar-refractivity contribution in [2.75, 3.05) is 11.9 Å². The van der Waals surface area contributed by atoms with Crippen molar-refractivity contribution in [2.24, 2.45) is 17.0 Å². The highest BCUT2D eigenvalue weighted by atomic mass is 32.2. The van der Waals surface area contributed by atoms with E-state index in [9.17, 15) is 18.6 Å². The Hall–Kier alpha value is -2.11. The summed E-state index contributed by atoms with van der Waals surface area (Å²) in [7, 11) is -4.09.